The lowest BCUT2D eigenvalue weighted by Gasteiger charge is -2.36. The van der Waals surface area contributed by atoms with Crippen molar-refractivity contribution < 1.29 is 28.7 Å². The minimum absolute atomic E-state index is 0.166. The van der Waals surface area contributed by atoms with E-state index in [1.165, 1.54) is 0 Å². The molecule has 1 saturated carbocycles. The summed E-state index contributed by atoms with van der Waals surface area (Å²) in [5.74, 6) is 0.835. The van der Waals surface area contributed by atoms with Gasteiger partial charge in [-0.15, -0.1) is 10.2 Å². The molecule has 1 aliphatic carbocycles. The Bertz CT molecular complexity index is 2150. The van der Waals surface area contributed by atoms with E-state index >= 15 is 0 Å². The highest BCUT2D eigenvalue weighted by Gasteiger charge is 2.31. The van der Waals surface area contributed by atoms with E-state index in [0.717, 1.165) is 46.5 Å². The largest absolute Gasteiger partial charge is 0.444 e. The van der Waals surface area contributed by atoms with Gasteiger partial charge < -0.3 is 40.2 Å². The summed E-state index contributed by atoms with van der Waals surface area (Å²) in [6.07, 6.45) is 4.25. The molecule has 4 amide bonds. The van der Waals surface area contributed by atoms with Crippen molar-refractivity contribution in [2.75, 3.05) is 42.9 Å². The molecule has 2 aliphatic rings. The number of aromatic amines is 1. The van der Waals surface area contributed by atoms with E-state index in [0.29, 0.717) is 57.1 Å². The van der Waals surface area contributed by atoms with Crippen molar-refractivity contribution in [3.8, 4) is 22.5 Å². The Kier molecular flexibility index (Phi) is 14.2. The van der Waals surface area contributed by atoms with Crippen LogP contribution in [0.2, 0.25) is 5.28 Å². The zero-order valence-electron chi connectivity index (χ0n) is 36.1. The van der Waals surface area contributed by atoms with Gasteiger partial charge in [0, 0.05) is 68.1 Å². The molecule has 0 bridgehead atoms. The molecule has 2 aromatic heterocycles. The van der Waals surface area contributed by atoms with Gasteiger partial charge in [0.15, 0.2) is 5.82 Å². The number of rotatable bonds is 11. The quantitative estimate of drug-likeness (QED) is 0.118. The molecular formula is C45H58ClN9O6. The van der Waals surface area contributed by atoms with Crippen molar-refractivity contribution in [3.05, 3.63) is 77.2 Å². The topological polar surface area (TPSA) is 184 Å². The Labute approximate surface area is 362 Å². The van der Waals surface area contributed by atoms with Gasteiger partial charge in [-0.1, -0.05) is 24.3 Å². The number of hydrogen-bond donors (Lipinski definition) is 4. The predicted molar refractivity (Wildman–Crippen MR) is 235 cm³/mol. The maximum atomic E-state index is 13.9. The Hall–Kier alpha value is -5.70. The van der Waals surface area contributed by atoms with E-state index in [1.54, 1.807) is 29.2 Å². The maximum Gasteiger partial charge on any atom is 0.410 e. The number of nitrogens with one attached hydrogen (secondary N) is 4. The summed E-state index contributed by atoms with van der Waals surface area (Å²) in [6, 6.07) is 16.3. The molecule has 2 fully saturated rings. The number of amides is 4. The van der Waals surface area contributed by atoms with Crippen LogP contribution in [0.5, 0.6) is 0 Å². The molecule has 1 saturated heterocycles. The number of H-pyrrole nitrogens is 1. The number of nitrogens with zero attached hydrogens (tertiary/aromatic N) is 5. The molecule has 0 spiro atoms. The number of anilines is 2. The van der Waals surface area contributed by atoms with Crippen molar-refractivity contribution in [3.63, 3.8) is 0 Å². The SMILES string of the molecule is Cc1cc(N2CCN(C(=O)OC(C)(C)C)CC2)ncc1-c1ccc(C[C@H](NC(=O)C2CCC(CNC(=O)OC(C)(C)C)CC2)C(=O)Nc2ccc(-c3nnc(Cl)[nH]3)cc2)cc1. The molecule has 4 aromatic rings. The molecular weight excluding hydrogens is 798 g/mol. The summed E-state index contributed by atoms with van der Waals surface area (Å²) >= 11 is 5.91. The monoisotopic (exact) mass is 855 g/mol. The Morgan fingerprint density at radius 1 is 0.852 bits per heavy atom. The zero-order valence-corrected chi connectivity index (χ0v) is 36.9. The van der Waals surface area contributed by atoms with E-state index in [2.05, 4.69) is 49.0 Å². The molecule has 16 heteroatoms. The predicted octanol–water partition coefficient (Wildman–Crippen LogP) is 7.55. The Morgan fingerprint density at radius 2 is 1.49 bits per heavy atom. The van der Waals surface area contributed by atoms with Crippen LogP contribution in [0.4, 0.5) is 21.1 Å². The molecule has 4 N–H and O–H groups in total. The molecule has 1 atom stereocenters. The van der Waals surface area contributed by atoms with Crippen LogP contribution in [0.15, 0.2) is 60.8 Å². The molecule has 6 rings (SSSR count). The van der Waals surface area contributed by atoms with Crippen LogP contribution < -0.4 is 20.9 Å². The smallest absolute Gasteiger partial charge is 0.410 e. The highest BCUT2D eigenvalue weighted by atomic mass is 35.5. The van der Waals surface area contributed by atoms with Crippen molar-refractivity contribution in [1.29, 1.82) is 0 Å². The van der Waals surface area contributed by atoms with Crippen molar-refractivity contribution in [2.45, 2.75) is 97.8 Å². The first-order valence-corrected chi connectivity index (χ1v) is 21.3. The van der Waals surface area contributed by atoms with Crippen LogP contribution in [0, 0.1) is 18.8 Å². The van der Waals surface area contributed by atoms with Gasteiger partial charge in [-0.25, -0.2) is 14.6 Å². The van der Waals surface area contributed by atoms with Gasteiger partial charge in [-0.05, 0) is 139 Å². The molecule has 15 nitrogen and oxygen atoms in total. The van der Waals surface area contributed by atoms with Crippen molar-refractivity contribution in [1.82, 2.24) is 35.7 Å². The molecule has 0 radical (unpaired) electrons. The van der Waals surface area contributed by atoms with Crippen LogP contribution >= 0.6 is 11.6 Å². The van der Waals surface area contributed by atoms with E-state index < -0.39 is 23.3 Å². The Balaban J connectivity index is 1.09. The number of piperazine rings is 1. The lowest BCUT2D eigenvalue weighted by Crippen LogP contribution is -2.50. The van der Waals surface area contributed by atoms with E-state index in [9.17, 15) is 19.2 Å². The number of benzene rings is 2. The first-order valence-electron chi connectivity index (χ1n) is 20.9. The zero-order chi connectivity index (χ0) is 43.9. The third-order valence-electron chi connectivity index (χ3n) is 10.7. The fraction of sp³-hybridized carbons (Fsp3) is 0.489. The molecule has 61 heavy (non-hydrogen) atoms. The summed E-state index contributed by atoms with van der Waals surface area (Å²) in [7, 11) is 0. The van der Waals surface area contributed by atoms with Gasteiger partial charge in [0.05, 0.1) is 0 Å². The van der Waals surface area contributed by atoms with E-state index in [4.69, 9.17) is 26.1 Å². The molecule has 3 heterocycles. The highest BCUT2D eigenvalue weighted by molar-refractivity contribution is 6.28. The lowest BCUT2D eigenvalue weighted by molar-refractivity contribution is -0.130. The standard InChI is InChI=1S/C45H58ClN9O6/c1-28-24-37(54-20-22-55(23-21-54)43(59)61-45(5,6)7)47-27-35(28)31-12-8-29(9-13-31)25-36(40(57)49-34-18-16-32(17-19-34)38-51-41(46)53-52-38)50-39(56)33-14-10-30(11-15-33)26-48-42(58)60-44(2,3)4/h8-9,12-13,16-19,24,27,30,33,36H,10-11,14-15,20-23,25-26H2,1-7H3,(H,48,58)(H,49,57)(H,50,56)(H,51,52,53)/t30?,33?,36-/m0/s1. The first kappa shape index (κ1) is 44.8. The van der Waals surface area contributed by atoms with Crippen molar-refractivity contribution in [2.24, 2.45) is 11.8 Å². The molecule has 1 aliphatic heterocycles. The summed E-state index contributed by atoms with van der Waals surface area (Å²) in [5, 5.41) is 16.9. The normalized spacial score (nSPS) is 17.6. The Morgan fingerprint density at radius 3 is 2.08 bits per heavy atom. The number of alkyl carbamates (subject to hydrolysis) is 1. The van der Waals surface area contributed by atoms with Gasteiger partial charge in [0.25, 0.3) is 0 Å². The number of aromatic nitrogens is 4. The number of aryl methyl sites for hydroxylation is 1. The second-order valence-electron chi connectivity index (χ2n) is 17.9. The molecule has 326 valence electrons. The first-order chi connectivity index (χ1) is 28.9. The van der Waals surface area contributed by atoms with E-state index in [-0.39, 0.29) is 41.4 Å². The van der Waals surface area contributed by atoms with Gasteiger partial charge in [0.2, 0.25) is 17.1 Å². The highest BCUT2D eigenvalue weighted by Crippen LogP contribution is 2.30. The third-order valence-corrected chi connectivity index (χ3v) is 10.9. The summed E-state index contributed by atoms with van der Waals surface area (Å²) in [4.78, 5) is 64.0. The fourth-order valence-corrected chi connectivity index (χ4v) is 7.63. The number of carbonyl (C=O) groups is 4. The number of halogens is 1. The van der Waals surface area contributed by atoms with Gasteiger partial charge in [0.1, 0.15) is 23.1 Å². The minimum Gasteiger partial charge on any atom is -0.444 e. The second kappa shape index (κ2) is 19.3. The number of pyridine rings is 1. The second-order valence-corrected chi connectivity index (χ2v) is 18.3. The van der Waals surface area contributed by atoms with Gasteiger partial charge in [-0.2, -0.15) is 0 Å². The van der Waals surface area contributed by atoms with Crippen LogP contribution in [0.3, 0.4) is 0 Å². The average molecular weight is 856 g/mol. The summed E-state index contributed by atoms with van der Waals surface area (Å²) in [5.41, 5.74) is 4.09. The van der Waals surface area contributed by atoms with Gasteiger partial charge >= 0.3 is 12.2 Å². The third kappa shape index (κ3) is 12.9. The van der Waals surface area contributed by atoms with E-state index in [1.807, 2.05) is 72.0 Å². The fourth-order valence-electron chi connectivity index (χ4n) is 7.50. The minimum atomic E-state index is -0.851. The number of hydrogen-bond acceptors (Lipinski definition) is 10. The summed E-state index contributed by atoms with van der Waals surface area (Å²) < 4.78 is 10.9. The molecule has 2 aromatic carbocycles. The lowest BCUT2D eigenvalue weighted by atomic mass is 9.81. The van der Waals surface area contributed by atoms with Crippen LogP contribution in [0.25, 0.3) is 22.5 Å². The average Bonchev–Trinajstić information content (AvgIpc) is 3.65. The van der Waals surface area contributed by atoms with Crippen molar-refractivity contribution >= 4 is 47.1 Å². The van der Waals surface area contributed by atoms with Gasteiger partial charge in [-0.3, -0.25) is 9.59 Å². The number of ether oxygens (including phenoxy) is 2. The molecule has 0 unspecified atom stereocenters. The van der Waals surface area contributed by atoms with Crippen LogP contribution in [-0.2, 0) is 25.5 Å². The summed E-state index contributed by atoms with van der Waals surface area (Å²) in [6.45, 7) is 16.0. The van der Waals surface area contributed by atoms with Crippen LogP contribution in [-0.4, -0.2) is 99.0 Å². The maximum absolute atomic E-state index is 13.9. The van der Waals surface area contributed by atoms with Crippen LogP contribution in [0.1, 0.15) is 78.4 Å². The number of carbonyl (C=O) groups excluding carboxylic acids is 4.